The van der Waals surface area contributed by atoms with Crippen molar-refractivity contribution < 1.29 is 14.3 Å². The first kappa shape index (κ1) is 15.4. The second kappa shape index (κ2) is 7.72. The van der Waals surface area contributed by atoms with E-state index in [1.807, 2.05) is 29.2 Å². The van der Waals surface area contributed by atoms with E-state index in [1.54, 1.807) is 7.11 Å². The molecule has 4 nitrogen and oxygen atoms in total. The third kappa shape index (κ3) is 4.25. The number of nitrogens with zero attached hydrogens (tertiary/aromatic N) is 1. The number of likely N-dealkylation sites (tertiary alicyclic amines) is 1. The van der Waals surface area contributed by atoms with Crippen LogP contribution < -0.4 is 9.47 Å². The van der Waals surface area contributed by atoms with Crippen molar-refractivity contribution in [2.45, 2.75) is 25.7 Å². The average molecular weight is 289 g/mol. The lowest BCUT2D eigenvalue weighted by Gasteiger charge is -2.26. The normalized spacial score (nSPS) is 14.6. The highest BCUT2D eigenvalue weighted by Crippen LogP contribution is 2.28. The molecule has 0 bridgehead atoms. The summed E-state index contributed by atoms with van der Waals surface area (Å²) in [6.07, 6.45) is 6.01. The van der Waals surface area contributed by atoms with Crippen LogP contribution in [0.1, 0.15) is 24.8 Å². The van der Waals surface area contributed by atoms with Gasteiger partial charge in [0.15, 0.2) is 18.1 Å². The van der Waals surface area contributed by atoms with Crippen LogP contribution in [-0.2, 0) is 11.2 Å². The minimum absolute atomic E-state index is 0.0481. The van der Waals surface area contributed by atoms with Gasteiger partial charge in [-0.05, 0) is 43.4 Å². The second-order valence-electron chi connectivity index (χ2n) is 5.21. The molecule has 0 unspecified atom stereocenters. The molecular weight excluding hydrogens is 266 g/mol. The molecule has 0 saturated carbocycles. The Hall–Kier alpha value is -1.97. The highest BCUT2D eigenvalue weighted by molar-refractivity contribution is 5.78. The van der Waals surface area contributed by atoms with Crippen LogP contribution in [0.3, 0.4) is 0 Å². The summed E-state index contributed by atoms with van der Waals surface area (Å²) in [7, 11) is 1.60. The van der Waals surface area contributed by atoms with Crippen molar-refractivity contribution >= 4 is 5.91 Å². The van der Waals surface area contributed by atoms with Gasteiger partial charge in [-0.2, -0.15) is 0 Å². The molecule has 0 aliphatic carbocycles. The minimum atomic E-state index is 0.0481. The summed E-state index contributed by atoms with van der Waals surface area (Å²) in [4.78, 5) is 14.0. The van der Waals surface area contributed by atoms with E-state index >= 15 is 0 Å². The van der Waals surface area contributed by atoms with Crippen LogP contribution in [0, 0.1) is 0 Å². The molecule has 0 radical (unpaired) electrons. The zero-order valence-corrected chi connectivity index (χ0v) is 12.6. The van der Waals surface area contributed by atoms with Crippen LogP contribution in [0.25, 0.3) is 0 Å². The van der Waals surface area contributed by atoms with Gasteiger partial charge in [0, 0.05) is 13.1 Å². The number of hydrogen-bond acceptors (Lipinski definition) is 3. The van der Waals surface area contributed by atoms with E-state index in [4.69, 9.17) is 9.47 Å². The van der Waals surface area contributed by atoms with Crippen molar-refractivity contribution in [3.63, 3.8) is 0 Å². The molecule has 1 aromatic rings. The Morgan fingerprint density at radius 1 is 1.29 bits per heavy atom. The van der Waals surface area contributed by atoms with Crippen LogP contribution in [0.15, 0.2) is 30.9 Å². The van der Waals surface area contributed by atoms with Gasteiger partial charge < -0.3 is 14.4 Å². The zero-order valence-electron chi connectivity index (χ0n) is 12.6. The minimum Gasteiger partial charge on any atom is -0.493 e. The summed E-state index contributed by atoms with van der Waals surface area (Å²) < 4.78 is 11.0. The van der Waals surface area contributed by atoms with E-state index in [2.05, 4.69) is 6.58 Å². The SMILES string of the molecule is C=CCc1ccc(OCC(=O)N2CCCCC2)c(OC)c1. The zero-order chi connectivity index (χ0) is 15.1. The number of rotatable bonds is 6. The Morgan fingerprint density at radius 2 is 2.05 bits per heavy atom. The first-order chi connectivity index (χ1) is 10.2. The van der Waals surface area contributed by atoms with Crippen molar-refractivity contribution in [3.05, 3.63) is 36.4 Å². The monoisotopic (exact) mass is 289 g/mol. The van der Waals surface area contributed by atoms with Gasteiger partial charge in [-0.1, -0.05) is 12.1 Å². The number of carbonyl (C=O) groups is 1. The highest BCUT2D eigenvalue weighted by atomic mass is 16.5. The van der Waals surface area contributed by atoms with Crippen LogP contribution in [-0.4, -0.2) is 37.6 Å². The van der Waals surface area contributed by atoms with Crippen molar-refractivity contribution in [1.82, 2.24) is 4.90 Å². The van der Waals surface area contributed by atoms with Gasteiger partial charge >= 0.3 is 0 Å². The van der Waals surface area contributed by atoms with Crippen molar-refractivity contribution in [1.29, 1.82) is 0 Å². The predicted molar refractivity (Wildman–Crippen MR) is 82.8 cm³/mol. The summed E-state index contributed by atoms with van der Waals surface area (Å²) in [6.45, 7) is 5.48. The van der Waals surface area contributed by atoms with E-state index in [0.29, 0.717) is 11.5 Å². The van der Waals surface area contributed by atoms with Gasteiger partial charge in [0.2, 0.25) is 0 Å². The van der Waals surface area contributed by atoms with Crippen molar-refractivity contribution in [2.75, 3.05) is 26.8 Å². The molecule has 1 fully saturated rings. The maximum atomic E-state index is 12.1. The van der Waals surface area contributed by atoms with Gasteiger partial charge in [0.05, 0.1) is 7.11 Å². The number of hydrogen-bond donors (Lipinski definition) is 0. The second-order valence-corrected chi connectivity index (χ2v) is 5.21. The molecule has 0 atom stereocenters. The van der Waals surface area contributed by atoms with E-state index in [-0.39, 0.29) is 12.5 Å². The molecule has 1 heterocycles. The van der Waals surface area contributed by atoms with Crippen LogP contribution in [0.2, 0.25) is 0 Å². The number of amides is 1. The first-order valence-corrected chi connectivity index (χ1v) is 7.43. The number of allylic oxidation sites excluding steroid dienone is 1. The third-order valence-corrected chi connectivity index (χ3v) is 3.67. The van der Waals surface area contributed by atoms with E-state index in [1.165, 1.54) is 6.42 Å². The molecule has 0 spiro atoms. The lowest BCUT2D eigenvalue weighted by Crippen LogP contribution is -2.38. The Labute approximate surface area is 126 Å². The summed E-state index contributed by atoms with van der Waals surface area (Å²) in [5.74, 6) is 1.31. The Kier molecular flexibility index (Phi) is 5.67. The Balaban J connectivity index is 1.95. The Morgan fingerprint density at radius 3 is 2.71 bits per heavy atom. The molecule has 114 valence electrons. The molecule has 1 amide bonds. The molecule has 1 aliphatic rings. The van der Waals surface area contributed by atoms with Crippen molar-refractivity contribution in [3.8, 4) is 11.5 Å². The summed E-state index contributed by atoms with van der Waals surface area (Å²) in [6, 6.07) is 5.73. The van der Waals surface area contributed by atoms with Gasteiger partial charge in [0.25, 0.3) is 5.91 Å². The summed E-state index contributed by atoms with van der Waals surface area (Å²) in [5, 5.41) is 0. The average Bonchev–Trinajstić information content (AvgIpc) is 2.54. The molecule has 1 saturated heterocycles. The molecule has 21 heavy (non-hydrogen) atoms. The molecule has 1 aliphatic heterocycles. The molecule has 2 rings (SSSR count). The summed E-state index contributed by atoms with van der Waals surface area (Å²) >= 11 is 0. The van der Waals surface area contributed by atoms with Crippen molar-refractivity contribution in [2.24, 2.45) is 0 Å². The molecular formula is C17H23NO3. The number of methoxy groups -OCH3 is 1. The highest BCUT2D eigenvalue weighted by Gasteiger charge is 2.17. The maximum Gasteiger partial charge on any atom is 0.260 e. The largest absolute Gasteiger partial charge is 0.493 e. The molecule has 0 N–H and O–H groups in total. The maximum absolute atomic E-state index is 12.1. The molecule has 4 heteroatoms. The van der Waals surface area contributed by atoms with Gasteiger partial charge in [-0.15, -0.1) is 6.58 Å². The first-order valence-electron chi connectivity index (χ1n) is 7.43. The van der Waals surface area contributed by atoms with Crippen LogP contribution in [0.5, 0.6) is 11.5 Å². The molecule has 1 aromatic carbocycles. The lowest BCUT2D eigenvalue weighted by molar-refractivity contribution is -0.134. The molecule has 0 aromatic heterocycles. The lowest BCUT2D eigenvalue weighted by atomic mass is 10.1. The predicted octanol–water partition coefficient (Wildman–Crippen LogP) is 2.82. The number of benzene rings is 1. The Bertz CT molecular complexity index is 493. The standard InChI is InChI=1S/C17H23NO3/c1-3-7-14-8-9-15(16(12-14)20-2)21-13-17(19)18-10-5-4-6-11-18/h3,8-9,12H,1,4-7,10-11,13H2,2H3. The fourth-order valence-electron chi connectivity index (χ4n) is 2.50. The number of carbonyl (C=O) groups excluding carboxylic acids is 1. The van der Waals surface area contributed by atoms with Gasteiger partial charge in [-0.3, -0.25) is 4.79 Å². The number of ether oxygens (including phenoxy) is 2. The van der Waals surface area contributed by atoms with Gasteiger partial charge in [0.1, 0.15) is 0 Å². The third-order valence-electron chi connectivity index (χ3n) is 3.67. The smallest absolute Gasteiger partial charge is 0.260 e. The van der Waals surface area contributed by atoms with E-state index < -0.39 is 0 Å². The number of piperidine rings is 1. The fourth-order valence-corrected chi connectivity index (χ4v) is 2.50. The fraction of sp³-hybridized carbons (Fsp3) is 0.471. The quantitative estimate of drug-likeness (QED) is 0.756. The van der Waals surface area contributed by atoms with E-state index in [9.17, 15) is 4.79 Å². The van der Waals surface area contributed by atoms with E-state index in [0.717, 1.165) is 37.9 Å². The summed E-state index contributed by atoms with van der Waals surface area (Å²) in [5.41, 5.74) is 1.11. The topological polar surface area (TPSA) is 38.8 Å². The van der Waals surface area contributed by atoms with Gasteiger partial charge in [-0.25, -0.2) is 0 Å². The van der Waals surface area contributed by atoms with Crippen LogP contribution >= 0.6 is 0 Å². The van der Waals surface area contributed by atoms with Crippen LogP contribution in [0.4, 0.5) is 0 Å².